The van der Waals surface area contributed by atoms with E-state index >= 15 is 0 Å². The molecule has 3 rings (SSSR count). The monoisotopic (exact) mass is 408 g/mol. The Morgan fingerprint density at radius 3 is 2.30 bits per heavy atom. The van der Waals surface area contributed by atoms with Gasteiger partial charge in [0.2, 0.25) is 5.76 Å². The zero-order valence-corrected chi connectivity index (χ0v) is 16.0. The summed E-state index contributed by atoms with van der Waals surface area (Å²) >= 11 is 0. The SMILES string of the molecule is O=C(COC(=O)c1ccc(COc2ccccc2)o1)NC(=O)NCc1ccccc1. The van der Waals surface area contributed by atoms with Crippen LogP contribution in [-0.4, -0.2) is 24.5 Å². The first-order chi connectivity index (χ1) is 14.6. The number of carbonyl (C=O) groups excluding carboxylic acids is 3. The van der Waals surface area contributed by atoms with E-state index in [2.05, 4.69) is 10.6 Å². The maximum absolute atomic E-state index is 12.0. The number of rotatable bonds is 8. The lowest BCUT2D eigenvalue weighted by molar-refractivity contribution is -0.123. The predicted molar refractivity (Wildman–Crippen MR) is 107 cm³/mol. The Morgan fingerprint density at radius 1 is 0.867 bits per heavy atom. The molecule has 8 nitrogen and oxygen atoms in total. The summed E-state index contributed by atoms with van der Waals surface area (Å²) in [5, 5.41) is 4.62. The fourth-order valence-electron chi connectivity index (χ4n) is 2.42. The number of ether oxygens (including phenoxy) is 2. The van der Waals surface area contributed by atoms with Crippen LogP contribution >= 0.6 is 0 Å². The van der Waals surface area contributed by atoms with Crippen molar-refractivity contribution in [1.82, 2.24) is 10.6 Å². The summed E-state index contributed by atoms with van der Waals surface area (Å²) in [7, 11) is 0. The lowest BCUT2D eigenvalue weighted by Gasteiger charge is -2.07. The van der Waals surface area contributed by atoms with Gasteiger partial charge in [-0.15, -0.1) is 0 Å². The van der Waals surface area contributed by atoms with Crippen LogP contribution in [0.25, 0.3) is 0 Å². The van der Waals surface area contributed by atoms with Gasteiger partial charge in [0.25, 0.3) is 5.91 Å². The van der Waals surface area contributed by atoms with E-state index in [9.17, 15) is 14.4 Å². The molecular weight excluding hydrogens is 388 g/mol. The number of amides is 3. The first-order valence-electron chi connectivity index (χ1n) is 9.15. The van der Waals surface area contributed by atoms with Gasteiger partial charge in [-0.2, -0.15) is 0 Å². The first kappa shape index (κ1) is 20.7. The molecule has 2 aromatic carbocycles. The summed E-state index contributed by atoms with van der Waals surface area (Å²) in [5.74, 6) is -0.548. The Labute approximate surface area is 172 Å². The summed E-state index contributed by atoms with van der Waals surface area (Å²) in [5.41, 5.74) is 0.886. The molecule has 0 bridgehead atoms. The highest BCUT2D eigenvalue weighted by Gasteiger charge is 2.16. The highest BCUT2D eigenvalue weighted by Crippen LogP contribution is 2.14. The summed E-state index contributed by atoms with van der Waals surface area (Å²) in [6.07, 6.45) is 0. The molecule has 0 spiro atoms. The van der Waals surface area contributed by atoms with Crippen molar-refractivity contribution in [2.45, 2.75) is 13.2 Å². The summed E-state index contributed by atoms with van der Waals surface area (Å²) < 4.78 is 15.7. The van der Waals surface area contributed by atoms with Crippen LogP contribution in [0, 0.1) is 0 Å². The molecule has 0 radical (unpaired) electrons. The van der Waals surface area contributed by atoms with Gasteiger partial charge in [-0.25, -0.2) is 9.59 Å². The molecule has 0 aliphatic heterocycles. The average molecular weight is 408 g/mol. The Bertz CT molecular complexity index is 985. The molecule has 8 heteroatoms. The van der Waals surface area contributed by atoms with E-state index in [4.69, 9.17) is 13.9 Å². The minimum atomic E-state index is -0.819. The molecule has 0 unspecified atom stereocenters. The second-order valence-corrected chi connectivity index (χ2v) is 6.16. The zero-order valence-electron chi connectivity index (χ0n) is 16.0. The largest absolute Gasteiger partial charge is 0.486 e. The van der Waals surface area contributed by atoms with E-state index in [0.29, 0.717) is 11.5 Å². The number of benzene rings is 2. The fraction of sp³-hybridized carbons (Fsp3) is 0.136. The number of para-hydroxylation sites is 1. The maximum atomic E-state index is 12.0. The van der Waals surface area contributed by atoms with E-state index in [1.165, 1.54) is 6.07 Å². The molecule has 0 atom stereocenters. The first-order valence-corrected chi connectivity index (χ1v) is 9.15. The summed E-state index contributed by atoms with van der Waals surface area (Å²) in [4.78, 5) is 35.5. The molecule has 30 heavy (non-hydrogen) atoms. The van der Waals surface area contributed by atoms with Crippen molar-refractivity contribution < 1.29 is 28.3 Å². The van der Waals surface area contributed by atoms with Gasteiger partial charge in [0, 0.05) is 6.54 Å². The molecular formula is C22H20N2O6. The Morgan fingerprint density at radius 2 is 1.57 bits per heavy atom. The zero-order chi connectivity index (χ0) is 21.2. The van der Waals surface area contributed by atoms with Crippen LogP contribution in [0.5, 0.6) is 5.75 Å². The maximum Gasteiger partial charge on any atom is 0.374 e. The lowest BCUT2D eigenvalue weighted by Crippen LogP contribution is -2.41. The van der Waals surface area contributed by atoms with Crippen molar-refractivity contribution in [2.24, 2.45) is 0 Å². The number of nitrogens with one attached hydrogen (secondary N) is 2. The molecule has 0 aliphatic carbocycles. The molecule has 2 N–H and O–H groups in total. The van der Waals surface area contributed by atoms with Gasteiger partial charge < -0.3 is 19.2 Å². The van der Waals surface area contributed by atoms with E-state index in [0.717, 1.165) is 5.56 Å². The van der Waals surface area contributed by atoms with Gasteiger partial charge in [0.1, 0.15) is 18.1 Å². The van der Waals surface area contributed by atoms with E-state index in [1.807, 2.05) is 48.5 Å². The molecule has 0 saturated heterocycles. The van der Waals surface area contributed by atoms with Crippen LogP contribution in [0.2, 0.25) is 0 Å². The highest BCUT2D eigenvalue weighted by molar-refractivity contribution is 5.96. The lowest BCUT2D eigenvalue weighted by atomic mass is 10.2. The number of urea groups is 1. The van der Waals surface area contributed by atoms with Gasteiger partial charge >= 0.3 is 12.0 Å². The third-order valence-corrected chi connectivity index (χ3v) is 3.87. The van der Waals surface area contributed by atoms with Crippen molar-refractivity contribution in [2.75, 3.05) is 6.61 Å². The number of furan rings is 1. The van der Waals surface area contributed by atoms with Crippen LogP contribution in [0.3, 0.4) is 0 Å². The number of hydrogen-bond donors (Lipinski definition) is 2. The van der Waals surface area contributed by atoms with Crippen LogP contribution < -0.4 is 15.4 Å². The van der Waals surface area contributed by atoms with Gasteiger partial charge in [-0.05, 0) is 29.8 Å². The van der Waals surface area contributed by atoms with Gasteiger partial charge in [-0.1, -0.05) is 48.5 Å². The van der Waals surface area contributed by atoms with E-state index < -0.39 is 24.5 Å². The predicted octanol–water partition coefficient (Wildman–Crippen LogP) is 3.04. The average Bonchev–Trinajstić information content (AvgIpc) is 3.25. The molecule has 0 aliphatic rings. The van der Waals surface area contributed by atoms with Crippen LogP contribution in [0.15, 0.2) is 77.2 Å². The molecule has 3 amide bonds. The van der Waals surface area contributed by atoms with Crippen molar-refractivity contribution in [3.63, 3.8) is 0 Å². The Hall–Kier alpha value is -4.07. The smallest absolute Gasteiger partial charge is 0.374 e. The third-order valence-electron chi connectivity index (χ3n) is 3.87. The molecule has 1 heterocycles. The van der Waals surface area contributed by atoms with Crippen LogP contribution in [0.4, 0.5) is 4.79 Å². The normalized spacial score (nSPS) is 10.1. The molecule has 1 aromatic heterocycles. The second-order valence-electron chi connectivity index (χ2n) is 6.16. The summed E-state index contributed by atoms with van der Waals surface area (Å²) in [6.45, 7) is -0.215. The van der Waals surface area contributed by atoms with Crippen LogP contribution in [0.1, 0.15) is 21.9 Å². The molecule has 3 aromatic rings. The second kappa shape index (κ2) is 10.5. The van der Waals surface area contributed by atoms with Gasteiger partial charge in [0.05, 0.1) is 0 Å². The van der Waals surface area contributed by atoms with Crippen LogP contribution in [-0.2, 0) is 22.7 Å². The van der Waals surface area contributed by atoms with E-state index in [1.54, 1.807) is 18.2 Å². The quantitative estimate of drug-likeness (QED) is 0.555. The Balaban J connectivity index is 1.38. The topological polar surface area (TPSA) is 107 Å². The van der Waals surface area contributed by atoms with Gasteiger partial charge in [-0.3, -0.25) is 10.1 Å². The minimum absolute atomic E-state index is 0.0667. The standard InChI is InChI=1S/C22H20N2O6/c25-20(24-22(27)23-13-16-7-3-1-4-8-16)15-29-21(26)19-12-11-18(30-19)14-28-17-9-5-2-6-10-17/h1-12H,13-15H2,(H2,23,24,25,27). The van der Waals surface area contributed by atoms with Crippen molar-refractivity contribution >= 4 is 17.9 Å². The van der Waals surface area contributed by atoms with Crippen molar-refractivity contribution in [1.29, 1.82) is 0 Å². The molecule has 0 saturated carbocycles. The number of carbonyl (C=O) groups is 3. The number of imide groups is 1. The van der Waals surface area contributed by atoms with Gasteiger partial charge in [0.15, 0.2) is 6.61 Å². The minimum Gasteiger partial charge on any atom is -0.486 e. The summed E-state index contributed by atoms with van der Waals surface area (Å²) in [6, 6.07) is 20.7. The number of esters is 1. The van der Waals surface area contributed by atoms with Crippen molar-refractivity contribution in [3.8, 4) is 5.75 Å². The fourth-order valence-corrected chi connectivity index (χ4v) is 2.42. The highest BCUT2D eigenvalue weighted by atomic mass is 16.6. The molecule has 154 valence electrons. The Kier molecular flexibility index (Phi) is 7.21. The third kappa shape index (κ3) is 6.52. The molecule has 0 fully saturated rings. The van der Waals surface area contributed by atoms with Crippen molar-refractivity contribution in [3.05, 3.63) is 89.9 Å². The number of hydrogen-bond acceptors (Lipinski definition) is 6. The van der Waals surface area contributed by atoms with E-state index in [-0.39, 0.29) is 18.9 Å².